The molecule has 1 N–H and O–H groups in total. The topological polar surface area (TPSA) is 81.4 Å². The van der Waals surface area contributed by atoms with Crippen LogP contribution in [0.15, 0.2) is 21.4 Å². The number of aliphatic carboxylic acids is 1. The van der Waals surface area contributed by atoms with E-state index in [1.165, 1.54) is 15.9 Å². The molecule has 2 aromatic heterocycles. The van der Waals surface area contributed by atoms with Crippen LogP contribution in [0.25, 0.3) is 10.2 Å². The van der Waals surface area contributed by atoms with Crippen LogP contribution in [0.1, 0.15) is 13.8 Å². The highest BCUT2D eigenvalue weighted by Gasteiger charge is 2.22. The van der Waals surface area contributed by atoms with Crippen molar-refractivity contribution < 1.29 is 14.6 Å². The Balaban J connectivity index is 2.52. The Hall–Kier alpha value is -1.38. The van der Waals surface area contributed by atoms with E-state index in [0.29, 0.717) is 21.9 Å². The average Bonchev–Trinajstić information content (AvgIpc) is 2.88. The van der Waals surface area contributed by atoms with E-state index in [9.17, 15) is 9.59 Å². The summed E-state index contributed by atoms with van der Waals surface area (Å²) >= 11 is 2.37. The lowest BCUT2D eigenvalue weighted by Gasteiger charge is -2.25. The molecule has 2 rings (SSSR count). The van der Waals surface area contributed by atoms with Gasteiger partial charge in [0, 0.05) is 7.11 Å². The summed E-state index contributed by atoms with van der Waals surface area (Å²) < 4.78 is 7.43. The Morgan fingerprint density at radius 3 is 2.90 bits per heavy atom. The van der Waals surface area contributed by atoms with Crippen molar-refractivity contribution in [2.45, 2.75) is 31.1 Å². The summed E-state index contributed by atoms with van der Waals surface area (Å²) in [6.07, 6.45) is 0. The van der Waals surface area contributed by atoms with Gasteiger partial charge in [-0.1, -0.05) is 11.8 Å². The van der Waals surface area contributed by atoms with E-state index < -0.39 is 11.6 Å². The Labute approximate surface area is 129 Å². The van der Waals surface area contributed by atoms with Crippen molar-refractivity contribution >= 4 is 39.3 Å². The summed E-state index contributed by atoms with van der Waals surface area (Å²) in [5, 5.41) is 11.0. The molecule has 0 saturated carbocycles. The first-order chi connectivity index (χ1) is 9.84. The number of aromatic nitrogens is 2. The first kappa shape index (κ1) is 16.0. The number of hydrogen-bond donors (Lipinski definition) is 1. The zero-order valence-electron chi connectivity index (χ0n) is 12.0. The number of carboxylic acid groups (broad SMARTS) is 1. The number of thiophene rings is 1. The normalized spacial score (nSPS) is 12.0. The maximum absolute atomic E-state index is 12.6. The van der Waals surface area contributed by atoms with E-state index in [1.54, 1.807) is 18.6 Å². The minimum absolute atomic E-state index is 0.143. The third-order valence-electron chi connectivity index (χ3n) is 2.95. The summed E-state index contributed by atoms with van der Waals surface area (Å²) in [5.41, 5.74) is -0.105. The molecule has 2 heterocycles. The van der Waals surface area contributed by atoms with Crippen LogP contribution < -0.4 is 5.56 Å². The maximum Gasteiger partial charge on any atom is 0.313 e. The van der Waals surface area contributed by atoms with Crippen LogP contribution in [0, 0.1) is 0 Å². The van der Waals surface area contributed by atoms with Crippen molar-refractivity contribution in [1.29, 1.82) is 0 Å². The molecule has 0 aliphatic rings. The molecular formula is C13H16N2O4S2. The second-order valence-electron chi connectivity index (χ2n) is 5.07. The molecule has 0 aromatic carbocycles. The standard InChI is InChI=1S/C13H16N2O4S2/c1-13(2,19-3)7-15-11(18)10-8(4-5-20-10)14-12(15)21-6-9(16)17/h4-5H,6-7H2,1-3H3,(H,16,17). The molecule has 0 spiro atoms. The number of methoxy groups -OCH3 is 1. The number of ether oxygens (including phenoxy) is 1. The fourth-order valence-corrected chi connectivity index (χ4v) is 3.24. The zero-order valence-corrected chi connectivity index (χ0v) is 13.6. The molecule has 0 fully saturated rings. The van der Waals surface area contributed by atoms with Crippen molar-refractivity contribution in [2.75, 3.05) is 12.9 Å². The van der Waals surface area contributed by atoms with Crippen LogP contribution in [-0.4, -0.2) is 39.1 Å². The Morgan fingerprint density at radius 2 is 2.29 bits per heavy atom. The molecule has 0 bridgehead atoms. The van der Waals surface area contributed by atoms with Gasteiger partial charge in [-0.05, 0) is 25.3 Å². The largest absolute Gasteiger partial charge is 0.481 e. The van der Waals surface area contributed by atoms with Gasteiger partial charge >= 0.3 is 5.97 Å². The summed E-state index contributed by atoms with van der Waals surface area (Å²) in [6.45, 7) is 4.04. The lowest BCUT2D eigenvalue weighted by molar-refractivity contribution is -0.133. The fraction of sp³-hybridized carbons (Fsp3) is 0.462. The van der Waals surface area contributed by atoms with Crippen molar-refractivity contribution in [2.24, 2.45) is 0 Å². The van der Waals surface area contributed by atoms with Gasteiger partial charge in [-0.25, -0.2) is 4.98 Å². The van der Waals surface area contributed by atoms with Crippen molar-refractivity contribution in [3.05, 3.63) is 21.8 Å². The molecule has 0 radical (unpaired) electrons. The fourth-order valence-electron chi connectivity index (χ4n) is 1.74. The smallest absolute Gasteiger partial charge is 0.313 e. The van der Waals surface area contributed by atoms with Gasteiger partial charge in [-0.2, -0.15) is 0 Å². The minimum atomic E-state index is -0.947. The van der Waals surface area contributed by atoms with Crippen molar-refractivity contribution in [3.8, 4) is 0 Å². The van der Waals surface area contributed by atoms with Gasteiger partial charge in [-0.3, -0.25) is 14.2 Å². The van der Waals surface area contributed by atoms with E-state index in [2.05, 4.69) is 4.98 Å². The monoisotopic (exact) mass is 328 g/mol. The lowest BCUT2D eigenvalue weighted by atomic mass is 10.1. The van der Waals surface area contributed by atoms with Crippen molar-refractivity contribution in [3.63, 3.8) is 0 Å². The average molecular weight is 328 g/mol. The molecule has 6 nitrogen and oxygen atoms in total. The van der Waals surface area contributed by atoms with Crippen LogP contribution in [0.5, 0.6) is 0 Å². The SMILES string of the molecule is COC(C)(C)Cn1c(SCC(=O)O)nc2ccsc2c1=O. The van der Waals surface area contributed by atoms with E-state index in [4.69, 9.17) is 9.84 Å². The molecule has 0 saturated heterocycles. The molecular weight excluding hydrogens is 312 g/mol. The van der Waals surface area contributed by atoms with Crippen LogP contribution in [0.3, 0.4) is 0 Å². The van der Waals surface area contributed by atoms with Crippen LogP contribution >= 0.6 is 23.1 Å². The summed E-state index contributed by atoms with van der Waals surface area (Å²) in [6, 6.07) is 1.76. The number of rotatable bonds is 6. The summed E-state index contributed by atoms with van der Waals surface area (Å²) in [7, 11) is 1.58. The Kier molecular flexibility index (Phi) is 4.70. The van der Waals surface area contributed by atoms with E-state index in [1.807, 2.05) is 13.8 Å². The van der Waals surface area contributed by atoms with Gasteiger partial charge in [0.1, 0.15) is 4.70 Å². The highest BCUT2D eigenvalue weighted by molar-refractivity contribution is 7.99. The van der Waals surface area contributed by atoms with Gasteiger partial charge in [-0.15, -0.1) is 11.3 Å². The minimum Gasteiger partial charge on any atom is -0.481 e. The molecule has 0 aliphatic heterocycles. The second-order valence-corrected chi connectivity index (χ2v) is 6.93. The molecule has 0 amide bonds. The summed E-state index contributed by atoms with van der Waals surface area (Å²) in [5.74, 6) is -1.09. The third-order valence-corrected chi connectivity index (χ3v) is 4.80. The van der Waals surface area contributed by atoms with Crippen molar-refractivity contribution in [1.82, 2.24) is 9.55 Å². The highest BCUT2D eigenvalue weighted by Crippen LogP contribution is 2.22. The molecule has 2 aromatic rings. The first-order valence-electron chi connectivity index (χ1n) is 6.22. The Bertz CT molecular complexity index is 721. The molecule has 8 heteroatoms. The highest BCUT2D eigenvalue weighted by atomic mass is 32.2. The number of carboxylic acids is 1. The number of hydrogen-bond acceptors (Lipinski definition) is 6. The Morgan fingerprint density at radius 1 is 1.57 bits per heavy atom. The van der Waals surface area contributed by atoms with Gasteiger partial charge in [0.2, 0.25) is 0 Å². The van der Waals surface area contributed by atoms with Crippen LogP contribution in [0.2, 0.25) is 0 Å². The van der Waals surface area contributed by atoms with E-state index in [0.717, 1.165) is 11.8 Å². The molecule has 21 heavy (non-hydrogen) atoms. The number of carbonyl (C=O) groups is 1. The molecule has 114 valence electrons. The van der Waals surface area contributed by atoms with Crippen LogP contribution in [0.4, 0.5) is 0 Å². The van der Waals surface area contributed by atoms with Gasteiger partial charge in [0.15, 0.2) is 5.16 Å². The van der Waals surface area contributed by atoms with Gasteiger partial charge in [0.05, 0.1) is 23.4 Å². The van der Waals surface area contributed by atoms with E-state index in [-0.39, 0.29) is 11.3 Å². The molecule has 0 atom stereocenters. The maximum atomic E-state index is 12.6. The lowest BCUT2D eigenvalue weighted by Crippen LogP contribution is -2.35. The van der Waals surface area contributed by atoms with Gasteiger partial charge < -0.3 is 9.84 Å². The van der Waals surface area contributed by atoms with E-state index >= 15 is 0 Å². The van der Waals surface area contributed by atoms with Gasteiger partial charge in [0.25, 0.3) is 5.56 Å². The third kappa shape index (κ3) is 3.63. The predicted molar refractivity (Wildman–Crippen MR) is 83.3 cm³/mol. The second kappa shape index (κ2) is 6.17. The first-order valence-corrected chi connectivity index (χ1v) is 8.08. The quantitative estimate of drug-likeness (QED) is 0.646. The predicted octanol–water partition coefficient (Wildman–Crippen LogP) is 2.06. The molecule has 0 aliphatic carbocycles. The summed E-state index contributed by atoms with van der Waals surface area (Å²) in [4.78, 5) is 27.7. The number of nitrogens with zero attached hydrogens (tertiary/aromatic N) is 2. The number of fused-ring (bicyclic) bond motifs is 1. The van der Waals surface area contributed by atoms with Crippen LogP contribution in [-0.2, 0) is 16.1 Å². The number of thioether (sulfide) groups is 1. The zero-order chi connectivity index (χ0) is 15.6. The molecule has 0 unspecified atom stereocenters.